The fraction of sp³-hybridized carbons (Fsp3) is 0.750. The first-order valence-electron chi connectivity index (χ1n) is 4.23. The van der Waals surface area contributed by atoms with E-state index in [-0.39, 0.29) is 5.41 Å². The largest absolute Gasteiger partial charge is 0.330 e. The lowest BCUT2D eigenvalue weighted by Crippen LogP contribution is -2.23. The minimum atomic E-state index is 0.248. The molecule has 0 atom stereocenters. The van der Waals surface area contributed by atoms with Crippen LogP contribution >= 0.6 is 23.1 Å². The lowest BCUT2D eigenvalue weighted by molar-refractivity contribution is 0.368. The highest BCUT2D eigenvalue weighted by molar-refractivity contribution is 8.00. The number of thioether (sulfide) groups is 1. The van der Waals surface area contributed by atoms with Gasteiger partial charge in [0.15, 0.2) is 4.34 Å². The summed E-state index contributed by atoms with van der Waals surface area (Å²) in [5.74, 6) is 1.07. The van der Waals surface area contributed by atoms with Gasteiger partial charge in [0.25, 0.3) is 0 Å². The highest BCUT2D eigenvalue weighted by Crippen LogP contribution is 2.25. The van der Waals surface area contributed by atoms with Crippen molar-refractivity contribution in [2.24, 2.45) is 11.1 Å². The predicted octanol–water partition coefficient (Wildman–Crippen LogP) is 2.01. The van der Waals surface area contributed by atoms with Crippen molar-refractivity contribution >= 4 is 23.1 Å². The van der Waals surface area contributed by atoms with Gasteiger partial charge in [-0.25, -0.2) is 0 Å². The van der Waals surface area contributed by atoms with Gasteiger partial charge >= 0.3 is 0 Å². The zero-order valence-electron chi connectivity index (χ0n) is 7.99. The van der Waals surface area contributed by atoms with E-state index in [2.05, 4.69) is 24.0 Å². The van der Waals surface area contributed by atoms with Crippen molar-refractivity contribution in [1.82, 2.24) is 10.2 Å². The Morgan fingerprint density at radius 3 is 2.92 bits per heavy atom. The summed E-state index contributed by atoms with van der Waals surface area (Å²) in [6.45, 7) is 5.12. The fourth-order valence-electron chi connectivity index (χ4n) is 0.743. The molecule has 3 nitrogen and oxygen atoms in total. The van der Waals surface area contributed by atoms with Crippen LogP contribution < -0.4 is 5.73 Å². The molecular weight excluding hydrogens is 202 g/mol. The molecule has 0 bridgehead atoms. The lowest BCUT2D eigenvalue weighted by Gasteiger charge is -2.21. The van der Waals surface area contributed by atoms with Gasteiger partial charge in [-0.05, 0) is 18.4 Å². The van der Waals surface area contributed by atoms with Crippen LogP contribution in [0.15, 0.2) is 9.85 Å². The first-order chi connectivity index (χ1) is 6.14. The van der Waals surface area contributed by atoms with Gasteiger partial charge in [-0.15, -0.1) is 10.2 Å². The maximum Gasteiger partial charge on any atom is 0.174 e. The van der Waals surface area contributed by atoms with Crippen LogP contribution in [0.4, 0.5) is 0 Å². The fourth-order valence-corrected chi connectivity index (χ4v) is 2.61. The third-order valence-corrected chi connectivity index (χ3v) is 3.76. The molecule has 0 aliphatic heterocycles. The summed E-state index contributed by atoms with van der Waals surface area (Å²) >= 11 is 3.35. The van der Waals surface area contributed by atoms with Crippen LogP contribution in [0, 0.1) is 5.41 Å². The van der Waals surface area contributed by atoms with Gasteiger partial charge in [0.2, 0.25) is 0 Å². The Labute approximate surface area is 87.1 Å². The van der Waals surface area contributed by atoms with E-state index >= 15 is 0 Å². The minimum absolute atomic E-state index is 0.248. The zero-order valence-corrected chi connectivity index (χ0v) is 9.62. The van der Waals surface area contributed by atoms with E-state index in [1.54, 1.807) is 28.6 Å². The van der Waals surface area contributed by atoms with Gasteiger partial charge in [0.05, 0.1) is 0 Å². The first-order valence-corrected chi connectivity index (χ1v) is 6.10. The predicted molar refractivity (Wildman–Crippen MR) is 58.1 cm³/mol. The van der Waals surface area contributed by atoms with Gasteiger partial charge in [0.1, 0.15) is 5.51 Å². The molecule has 1 aromatic heterocycles. The lowest BCUT2D eigenvalue weighted by atomic mass is 9.91. The van der Waals surface area contributed by atoms with Gasteiger partial charge in [-0.3, -0.25) is 0 Å². The summed E-state index contributed by atoms with van der Waals surface area (Å²) in [6, 6.07) is 0. The average molecular weight is 217 g/mol. The van der Waals surface area contributed by atoms with Gasteiger partial charge in [-0.1, -0.05) is 36.9 Å². The molecule has 1 aromatic rings. The van der Waals surface area contributed by atoms with Crippen LogP contribution in [0.1, 0.15) is 20.3 Å². The Bertz CT molecular complexity index is 234. The van der Waals surface area contributed by atoms with Crippen molar-refractivity contribution in [1.29, 1.82) is 0 Å². The molecule has 0 spiro atoms. The van der Waals surface area contributed by atoms with E-state index in [1.165, 1.54) is 0 Å². The second-order valence-electron chi connectivity index (χ2n) is 3.67. The van der Waals surface area contributed by atoms with E-state index in [4.69, 9.17) is 5.73 Å². The molecule has 0 unspecified atom stereocenters. The number of nitrogens with zero attached hydrogens (tertiary/aromatic N) is 2. The second kappa shape index (κ2) is 4.93. The summed E-state index contributed by atoms with van der Waals surface area (Å²) in [5.41, 5.74) is 7.64. The number of hydrogen-bond acceptors (Lipinski definition) is 5. The Morgan fingerprint density at radius 2 is 2.38 bits per heavy atom. The summed E-state index contributed by atoms with van der Waals surface area (Å²) in [5, 5.41) is 7.74. The summed E-state index contributed by atoms with van der Waals surface area (Å²) in [6.07, 6.45) is 1.12. The summed E-state index contributed by atoms with van der Waals surface area (Å²) in [4.78, 5) is 0. The molecule has 13 heavy (non-hydrogen) atoms. The second-order valence-corrected chi connectivity index (χ2v) is 5.85. The quantitative estimate of drug-likeness (QED) is 0.767. The van der Waals surface area contributed by atoms with Crippen LogP contribution in [0.5, 0.6) is 0 Å². The molecule has 0 aliphatic carbocycles. The van der Waals surface area contributed by atoms with E-state index in [9.17, 15) is 0 Å². The van der Waals surface area contributed by atoms with E-state index in [0.29, 0.717) is 0 Å². The van der Waals surface area contributed by atoms with E-state index < -0.39 is 0 Å². The van der Waals surface area contributed by atoms with Crippen molar-refractivity contribution < 1.29 is 0 Å². The van der Waals surface area contributed by atoms with Crippen LogP contribution in [-0.2, 0) is 0 Å². The molecule has 2 N–H and O–H groups in total. The molecular formula is C8H15N3S2. The summed E-state index contributed by atoms with van der Waals surface area (Å²) < 4.78 is 1.05. The highest BCUT2D eigenvalue weighted by atomic mass is 32.2. The highest BCUT2D eigenvalue weighted by Gasteiger charge is 2.15. The van der Waals surface area contributed by atoms with Crippen LogP contribution in [0.3, 0.4) is 0 Å². The number of hydrogen-bond donors (Lipinski definition) is 1. The maximum atomic E-state index is 5.63. The van der Waals surface area contributed by atoms with Crippen molar-refractivity contribution in [3.05, 3.63) is 5.51 Å². The topological polar surface area (TPSA) is 51.8 Å². The molecule has 5 heteroatoms. The molecule has 0 radical (unpaired) electrons. The molecule has 74 valence electrons. The smallest absolute Gasteiger partial charge is 0.174 e. The van der Waals surface area contributed by atoms with Gasteiger partial charge in [0, 0.05) is 5.75 Å². The average Bonchev–Trinajstić information content (AvgIpc) is 2.57. The normalized spacial score (nSPS) is 11.9. The monoisotopic (exact) mass is 217 g/mol. The van der Waals surface area contributed by atoms with E-state index in [0.717, 1.165) is 23.1 Å². The number of nitrogens with two attached hydrogens (primary N) is 1. The van der Waals surface area contributed by atoms with Crippen molar-refractivity contribution in [2.45, 2.75) is 24.6 Å². The van der Waals surface area contributed by atoms with Crippen molar-refractivity contribution in [3.63, 3.8) is 0 Å². The van der Waals surface area contributed by atoms with Gasteiger partial charge < -0.3 is 5.73 Å². The van der Waals surface area contributed by atoms with Crippen LogP contribution in [-0.4, -0.2) is 22.5 Å². The molecule has 0 amide bonds. The third kappa shape index (κ3) is 4.06. The molecule has 0 saturated carbocycles. The molecule has 0 aromatic carbocycles. The van der Waals surface area contributed by atoms with E-state index in [1.807, 2.05) is 0 Å². The number of aromatic nitrogens is 2. The Hall–Kier alpha value is -0.130. The standard InChI is InChI=1S/C8H15N3S2/c1-8(2,5-9)3-4-12-7-11-10-6-13-7/h6H,3-5,9H2,1-2H3. The van der Waals surface area contributed by atoms with Crippen LogP contribution in [0.2, 0.25) is 0 Å². The Balaban J connectivity index is 2.21. The summed E-state index contributed by atoms with van der Waals surface area (Å²) in [7, 11) is 0. The zero-order chi connectivity index (χ0) is 9.73. The van der Waals surface area contributed by atoms with Crippen LogP contribution in [0.25, 0.3) is 0 Å². The van der Waals surface area contributed by atoms with Gasteiger partial charge in [-0.2, -0.15) is 0 Å². The Morgan fingerprint density at radius 1 is 1.62 bits per heavy atom. The Kier molecular flexibility index (Phi) is 4.15. The number of rotatable bonds is 5. The van der Waals surface area contributed by atoms with Crippen molar-refractivity contribution in [2.75, 3.05) is 12.3 Å². The minimum Gasteiger partial charge on any atom is -0.330 e. The first kappa shape index (κ1) is 10.9. The molecule has 0 saturated heterocycles. The maximum absolute atomic E-state index is 5.63. The SMILES string of the molecule is CC(C)(CN)CCSc1nncs1. The van der Waals surface area contributed by atoms with Crippen molar-refractivity contribution in [3.8, 4) is 0 Å². The third-order valence-electron chi connectivity index (χ3n) is 1.90. The molecule has 1 heterocycles. The molecule has 1 rings (SSSR count). The molecule has 0 aliphatic rings. The molecule has 0 fully saturated rings.